The number of nitrogens with one attached hydrogen (secondary N) is 1. The average molecular weight is 164 g/mol. The van der Waals surface area contributed by atoms with E-state index >= 15 is 0 Å². The third kappa shape index (κ3) is 1.04. The van der Waals surface area contributed by atoms with Gasteiger partial charge in [-0.2, -0.15) is 0 Å². The van der Waals surface area contributed by atoms with Gasteiger partial charge < -0.3 is 10.1 Å². The van der Waals surface area contributed by atoms with Crippen LogP contribution in [-0.2, 0) is 4.74 Å². The summed E-state index contributed by atoms with van der Waals surface area (Å²) >= 11 is 0. The van der Waals surface area contributed by atoms with Crippen molar-refractivity contribution in [1.82, 2.24) is 5.32 Å². The topological polar surface area (TPSA) is 21.3 Å². The normalized spacial score (nSPS) is 43.5. The van der Waals surface area contributed by atoms with Crippen LogP contribution in [0.25, 0.3) is 0 Å². The number of rotatable bonds is 1. The molecule has 2 fully saturated rings. The van der Waals surface area contributed by atoms with Crippen LogP contribution in [0.15, 0.2) is 0 Å². The van der Waals surface area contributed by atoms with Crippen molar-refractivity contribution in [2.24, 2.45) is 0 Å². The first-order valence-electron chi connectivity index (χ1n) is 3.62. The minimum atomic E-state index is 0. The van der Waals surface area contributed by atoms with E-state index in [1.165, 1.54) is 25.8 Å². The number of ether oxygens (including phenoxy) is 1. The highest BCUT2D eigenvalue weighted by molar-refractivity contribution is 5.85. The third-order valence-corrected chi connectivity index (χ3v) is 2.67. The van der Waals surface area contributed by atoms with Crippen molar-refractivity contribution >= 4 is 12.4 Å². The molecule has 0 aromatic carbocycles. The van der Waals surface area contributed by atoms with Gasteiger partial charge in [0.25, 0.3) is 0 Å². The summed E-state index contributed by atoms with van der Waals surface area (Å²) in [6.45, 7) is 1.22. The van der Waals surface area contributed by atoms with Gasteiger partial charge in [0.1, 0.15) is 0 Å². The van der Waals surface area contributed by atoms with Crippen LogP contribution in [0.4, 0.5) is 0 Å². The van der Waals surface area contributed by atoms with Gasteiger partial charge in [0.15, 0.2) is 0 Å². The van der Waals surface area contributed by atoms with Gasteiger partial charge in [0.2, 0.25) is 0 Å². The molecule has 10 heavy (non-hydrogen) atoms. The molecule has 1 spiro atoms. The third-order valence-electron chi connectivity index (χ3n) is 2.67. The van der Waals surface area contributed by atoms with Crippen molar-refractivity contribution < 1.29 is 4.74 Å². The molecule has 1 N–H and O–H groups in total. The molecule has 0 radical (unpaired) electrons. The van der Waals surface area contributed by atoms with Crippen LogP contribution in [0.2, 0.25) is 0 Å². The number of halogens is 1. The van der Waals surface area contributed by atoms with Crippen LogP contribution in [0, 0.1) is 0 Å². The molecule has 0 unspecified atom stereocenters. The molecule has 1 heterocycles. The summed E-state index contributed by atoms with van der Waals surface area (Å²) in [6, 6.07) is 0. The van der Waals surface area contributed by atoms with E-state index in [1.54, 1.807) is 7.11 Å². The van der Waals surface area contributed by atoms with Crippen LogP contribution < -0.4 is 5.32 Å². The van der Waals surface area contributed by atoms with Gasteiger partial charge in [-0.15, -0.1) is 12.4 Å². The van der Waals surface area contributed by atoms with E-state index in [-0.39, 0.29) is 12.4 Å². The quantitative estimate of drug-likeness (QED) is 0.622. The molecule has 0 amide bonds. The fourth-order valence-electron chi connectivity index (χ4n) is 1.81. The number of methoxy groups -OCH3 is 1. The minimum Gasteiger partial charge on any atom is -0.381 e. The van der Waals surface area contributed by atoms with E-state index in [1.807, 2.05) is 0 Å². The Morgan fingerprint density at radius 3 is 2.40 bits per heavy atom. The largest absolute Gasteiger partial charge is 0.381 e. The first kappa shape index (κ1) is 8.31. The molecule has 0 aromatic rings. The lowest BCUT2D eigenvalue weighted by atomic mass is 9.68. The Kier molecular flexibility index (Phi) is 2.23. The molecule has 2 rings (SSSR count). The van der Waals surface area contributed by atoms with E-state index in [4.69, 9.17) is 4.74 Å². The lowest BCUT2D eigenvalue weighted by molar-refractivity contribution is -0.0588. The summed E-state index contributed by atoms with van der Waals surface area (Å²) in [6.07, 6.45) is 4.40. The average Bonchev–Trinajstić information content (AvgIpc) is 1.59. The highest BCUT2D eigenvalue weighted by Gasteiger charge is 2.48. The molecule has 3 heteroatoms. The molecular formula is C7H14ClNO. The zero-order valence-corrected chi connectivity index (χ0v) is 7.04. The Morgan fingerprint density at radius 1 is 1.50 bits per heavy atom. The Labute approximate surface area is 67.7 Å². The van der Waals surface area contributed by atoms with E-state index in [0.29, 0.717) is 11.6 Å². The predicted molar refractivity (Wildman–Crippen MR) is 42.6 cm³/mol. The second kappa shape index (κ2) is 2.68. The lowest BCUT2D eigenvalue weighted by Crippen LogP contribution is -2.66. The molecule has 1 saturated carbocycles. The number of hydrogen-bond acceptors (Lipinski definition) is 2. The summed E-state index contributed by atoms with van der Waals surface area (Å²) < 4.78 is 5.18. The van der Waals surface area contributed by atoms with E-state index in [2.05, 4.69) is 5.32 Å². The Bertz CT molecular complexity index is 117. The second-order valence-electron chi connectivity index (χ2n) is 3.22. The van der Waals surface area contributed by atoms with Gasteiger partial charge in [-0.1, -0.05) is 0 Å². The Balaban J connectivity index is 0.000000500. The molecular weight excluding hydrogens is 150 g/mol. The first-order chi connectivity index (χ1) is 4.35. The zero-order valence-electron chi connectivity index (χ0n) is 6.22. The molecule has 0 bridgehead atoms. The maximum atomic E-state index is 5.18. The monoisotopic (exact) mass is 163 g/mol. The lowest BCUT2D eigenvalue weighted by Gasteiger charge is -2.54. The van der Waals surface area contributed by atoms with Gasteiger partial charge >= 0.3 is 0 Å². The van der Waals surface area contributed by atoms with Crippen molar-refractivity contribution in [1.29, 1.82) is 0 Å². The van der Waals surface area contributed by atoms with Crippen LogP contribution in [0.3, 0.4) is 0 Å². The summed E-state index contributed by atoms with van der Waals surface area (Å²) in [4.78, 5) is 0. The fraction of sp³-hybridized carbons (Fsp3) is 1.00. The van der Waals surface area contributed by atoms with Crippen molar-refractivity contribution in [2.75, 3.05) is 13.7 Å². The maximum Gasteiger partial charge on any atom is 0.0606 e. The second-order valence-corrected chi connectivity index (χ2v) is 3.22. The molecule has 1 aliphatic carbocycles. The maximum absolute atomic E-state index is 5.18. The van der Waals surface area contributed by atoms with Gasteiger partial charge in [-0.25, -0.2) is 0 Å². The SMILES string of the molecule is COC1CC2(CCN2)C1.Cl. The van der Waals surface area contributed by atoms with Crippen LogP contribution >= 0.6 is 12.4 Å². The molecule has 2 nitrogen and oxygen atoms in total. The molecule has 1 aliphatic heterocycles. The summed E-state index contributed by atoms with van der Waals surface area (Å²) in [7, 11) is 1.80. The van der Waals surface area contributed by atoms with Gasteiger partial charge in [0, 0.05) is 12.6 Å². The van der Waals surface area contributed by atoms with E-state index in [9.17, 15) is 0 Å². The standard InChI is InChI=1S/C7H13NO.ClH/c1-9-6-4-7(5-6)2-3-8-7;/h6,8H,2-5H2,1H3;1H. The van der Waals surface area contributed by atoms with Crippen molar-refractivity contribution in [3.05, 3.63) is 0 Å². The van der Waals surface area contributed by atoms with E-state index in [0.717, 1.165) is 0 Å². The molecule has 60 valence electrons. The highest BCUT2D eigenvalue weighted by atomic mass is 35.5. The van der Waals surface area contributed by atoms with Crippen molar-refractivity contribution in [2.45, 2.75) is 30.9 Å². The molecule has 0 aromatic heterocycles. The van der Waals surface area contributed by atoms with Crippen LogP contribution in [-0.4, -0.2) is 25.3 Å². The summed E-state index contributed by atoms with van der Waals surface area (Å²) in [5, 5.41) is 3.44. The minimum absolute atomic E-state index is 0. The van der Waals surface area contributed by atoms with Gasteiger partial charge in [0.05, 0.1) is 6.10 Å². The summed E-state index contributed by atoms with van der Waals surface area (Å²) in [5.74, 6) is 0. The molecule has 1 saturated heterocycles. The van der Waals surface area contributed by atoms with Crippen molar-refractivity contribution in [3.63, 3.8) is 0 Å². The summed E-state index contributed by atoms with van der Waals surface area (Å²) in [5.41, 5.74) is 0.542. The van der Waals surface area contributed by atoms with Gasteiger partial charge in [-0.3, -0.25) is 0 Å². The zero-order chi connectivity index (χ0) is 6.32. The van der Waals surface area contributed by atoms with Crippen LogP contribution in [0.1, 0.15) is 19.3 Å². The predicted octanol–water partition coefficient (Wildman–Crippen LogP) is 0.949. The first-order valence-corrected chi connectivity index (χ1v) is 3.62. The van der Waals surface area contributed by atoms with Crippen molar-refractivity contribution in [3.8, 4) is 0 Å². The number of hydrogen-bond donors (Lipinski definition) is 1. The fourth-order valence-corrected chi connectivity index (χ4v) is 1.81. The van der Waals surface area contributed by atoms with Crippen LogP contribution in [0.5, 0.6) is 0 Å². The van der Waals surface area contributed by atoms with Gasteiger partial charge in [-0.05, 0) is 25.8 Å². The highest BCUT2D eigenvalue weighted by Crippen LogP contribution is 2.40. The molecule has 2 aliphatic rings. The molecule has 0 atom stereocenters. The Hall–Kier alpha value is 0.210. The van der Waals surface area contributed by atoms with E-state index < -0.39 is 0 Å². The smallest absolute Gasteiger partial charge is 0.0606 e. The Morgan fingerprint density at radius 2 is 2.10 bits per heavy atom.